The second kappa shape index (κ2) is 35.5. The van der Waals surface area contributed by atoms with Gasteiger partial charge in [0.05, 0.1) is 56.9 Å². The minimum absolute atomic E-state index is 0.201. The van der Waals surface area contributed by atoms with E-state index in [0.717, 1.165) is 161 Å². The Kier molecular flexibility index (Phi) is 23.2. The fourth-order valence-corrected chi connectivity index (χ4v) is 14.6. The van der Waals surface area contributed by atoms with Crippen LogP contribution in [0.3, 0.4) is 0 Å². The molecule has 0 aliphatic rings. The van der Waals surface area contributed by atoms with Crippen LogP contribution in [0.1, 0.15) is 47.6 Å². The van der Waals surface area contributed by atoms with Crippen LogP contribution in [0, 0.1) is 39.3 Å². The van der Waals surface area contributed by atoms with Crippen LogP contribution in [0.15, 0.2) is 372 Å². The molecule has 0 atom stereocenters. The van der Waals surface area contributed by atoms with Crippen molar-refractivity contribution >= 4 is 54.4 Å². The Morgan fingerprint density at radius 1 is 0.254 bits per heavy atom. The summed E-state index contributed by atoms with van der Waals surface area (Å²) in [4.78, 5) is 47.7. The summed E-state index contributed by atoms with van der Waals surface area (Å²) in [6.45, 7) is 12.2. The highest BCUT2D eigenvalue weighted by Gasteiger charge is 2.17. The van der Waals surface area contributed by atoms with E-state index < -0.39 is 0 Å². The van der Waals surface area contributed by atoms with Crippen molar-refractivity contribution in [3.63, 3.8) is 0 Å². The summed E-state index contributed by atoms with van der Waals surface area (Å²) in [5, 5.41) is 6.80. The first-order valence-corrected chi connectivity index (χ1v) is 39.1. The third kappa shape index (κ3) is 17.7. The molecule has 0 amide bonds. The molecular formula is C105H81F2N11. The maximum Gasteiger partial charge on any atom is 0.126 e. The number of H-pyrrole nitrogens is 1. The molecule has 0 saturated heterocycles. The molecule has 570 valence electrons. The van der Waals surface area contributed by atoms with Gasteiger partial charge in [-0.3, -0.25) is 44.9 Å². The number of rotatable bonds is 11. The van der Waals surface area contributed by atoms with Gasteiger partial charge in [0.25, 0.3) is 0 Å². The summed E-state index contributed by atoms with van der Waals surface area (Å²) in [5.41, 5.74) is 30.1. The van der Waals surface area contributed by atoms with E-state index in [1.165, 1.54) is 34.2 Å². The zero-order valence-electron chi connectivity index (χ0n) is 66.0. The van der Waals surface area contributed by atoms with Gasteiger partial charge in [-0.2, -0.15) is 0 Å². The van der Waals surface area contributed by atoms with Gasteiger partial charge in [-0.1, -0.05) is 165 Å². The van der Waals surface area contributed by atoms with Gasteiger partial charge in [0.1, 0.15) is 11.6 Å². The highest BCUT2D eigenvalue weighted by molar-refractivity contribution is 5.94. The highest BCUT2D eigenvalue weighted by Crippen LogP contribution is 2.39. The number of hydrogen-bond acceptors (Lipinski definition) is 10. The summed E-state index contributed by atoms with van der Waals surface area (Å²) < 4.78 is 27.2. The number of pyridine rings is 9. The lowest BCUT2D eigenvalue weighted by Crippen LogP contribution is -1.92. The SMILES string of the molecule is CC(C)c1cccc(-c2ncccc2-c2ccc3nc[nH]c3c2)c1.Cc1cc(-c2ncccc2-c2ccc3ccncc3c2)ccc1F.Cc1cc(-c2ncccc2-c2ccc3ncccc3c2)ccc1F.Cc1cccc(-c2ncccc2-c2ccc3ccncc3c2)c1.Cc1cccc(-c2ncccc2-c2ccc3ncccc3c2)c1. The van der Waals surface area contributed by atoms with Crippen molar-refractivity contribution in [3.05, 3.63) is 411 Å². The second-order valence-electron chi connectivity index (χ2n) is 29.3. The molecular weight excluding hydrogens is 1450 g/mol. The van der Waals surface area contributed by atoms with Gasteiger partial charge < -0.3 is 4.98 Å². The van der Waals surface area contributed by atoms with Crippen molar-refractivity contribution in [1.29, 1.82) is 0 Å². The summed E-state index contributed by atoms with van der Waals surface area (Å²) >= 11 is 0. The first-order valence-electron chi connectivity index (χ1n) is 39.1. The van der Waals surface area contributed by atoms with Crippen molar-refractivity contribution in [2.75, 3.05) is 0 Å². The maximum atomic E-state index is 13.6. The Morgan fingerprint density at radius 3 is 1.01 bits per heavy atom. The molecule has 0 spiro atoms. The topological polar surface area (TPSA) is 145 Å². The van der Waals surface area contributed by atoms with Gasteiger partial charge in [-0.05, 0) is 247 Å². The number of halogens is 2. The van der Waals surface area contributed by atoms with Gasteiger partial charge >= 0.3 is 0 Å². The number of aryl methyl sites for hydroxylation is 4. The van der Waals surface area contributed by atoms with Crippen LogP contribution < -0.4 is 0 Å². The third-order valence-corrected chi connectivity index (χ3v) is 20.8. The normalized spacial score (nSPS) is 11.0. The number of aromatic amines is 1. The number of nitrogens with one attached hydrogen (secondary N) is 1. The lowest BCUT2D eigenvalue weighted by atomic mass is 9.95. The number of aromatic nitrogens is 11. The highest BCUT2D eigenvalue weighted by atomic mass is 19.1. The molecule has 0 unspecified atom stereocenters. The fraction of sp³-hybridized carbons (Fsp3) is 0.0667. The van der Waals surface area contributed by atoms with Crippen molar-refractivity contribution in [1.82, 2.24) is 54.8 Å². The molecule has 10 aromatic carbocycles. The van der Waals surface area contributed by atoms with E-state index in [0.29, 0.717) is 17.0 Å². The molecule has 10 heterocycles. The minimum Gasteiger partial charge on any atom is -0.345 e. The molecule has 20 rings (SSSR count). The fourth-order valence-electron chi connectivity index (χ4n) is 14.6. The van der Waals surface area contributed by atoms with Gasteiger partial charge in [-0.15, -0.1) is 0 Å². The van der Waals surface area contributed by atoms with Crippen LogP contribution in [-0.2, 0) is 0 Å². The van der Waals surface area contributed by atoms with Crippen LogP contribution in [0.25, 0.3) is 166 Å². The van der Waals surface area contributed by atoms with E-state index in [-0.39, 0.29) is 11.6 Å². The predicted octanol–water partition coefficient (Wildman–Crippen LogP) is 26.8. The molecule has 0 radical (unpaired) electrons. The predicted molar refractivity (Wildman–Crippen MR) is 479 cm³/mol. The zero-order chi connectivity index (χ0) is 80.9. The third-order valence-electron chi connectivity index (χ3n) is 20.8. The number of benzene rings is 10. The summed E-state index contributed by atoms with van der Waals surface area (Å²) in [7, 11) is 0. The van der Waals surface area contributed by atoms with Gasteiger partial charge in [0, 0.05) is 145 Å². The van der Waals surface area contributed by atoms with Crippen molar-refractivity contribution in [2.24, 2.45) is 0 Å². The zero-order valence-corrected chi connectivity index (χ0v) is 66.0. The first-order chi connectivity index (χ1) is 57.8. The smallest absolute Gasteiger partial charge is 0.126 e. The van der Waals surface area contributed by atoms with Crippen molar-refractivity contribution in [3.8, 4) is 112 Å². The largest absolute Gasteiger partial charge is 0.345 e. The van der Waals surface area contributed by atoms with Gasteiger partial charge in [-0.25, -0.2) is 13.8 Å². The number of fused-ring (bicyclic) bond motifs is 5. The van der Waals surface area contributed by atoms with E-state index in [9.17, 15) is 8.78 Å². The molecule has 1 N–H and O–H groups in total. The van der Waals surface area contributed by atoms with E-state index >= 15 is 0 Å². The average molecular weight is 1530 g/mol. The molecule has 20 aromatic rings. The monoisotopic (exact) mass is 1530 g/mol. The standard InChI is InChI=1S/2C21H15FN2.C21H19N3.2C21H16N2/c1-14-12-17(6-8-19(14)22)21-18(5-3-11-24-21)15-7-9-20-16(13-15)4-2-10-23-20;1-14-11-17(6-7-20(14)22)21-19(3-2-9-24-21)16-5-4-15-8-10-23-13-18(15)12-16;1-14(2)15-5-3-6-17(11-15)21-18(7-4-10-22-21)16-8-9-19-20(12-16)24-13-23-19;1-15-5-2-6-18(13-15)21-19(8-4-12-23-21)16-9-10-20-17(14-16)7-3-11-22-20;1-15-4-2-5-18(12-15)21-20(6-3-10-23-21)17-8-7-16-9-11-22-14-19(16)13-17/h2*2-13H,1H3;3-14H,1-2H3,(H,23,24);2*2-14H,1H3. The summed E-state index contributed by atoms with van der Waals surface area (Å²) in [6, 6.07) is 99.7. The van der Waals surface area contributed by atoms with Crippen LogP contribution in [0.5, 0.6) is 0 Å². The molecule has 0 bridgehead atoms. The Bertz CT molecular complexity index is 6660. The quantitative estimate of drug-likeness (QED) is 0.133. The van der Waals surface area contributed by atoms with Gasteiger partial charge in [0.2, 0.25) is 0 Å². The number of hydrogen-bond donors (Lipinski definition) is 1. The van der Waals surface area contributed by atoms with E-state index in [4.69, 9.17) is 0 Å². The van der Waals surface area contributed by atoms with Crippen LogP contribution >= 0.6 is 0 Å². The Hall–Kier alpha value is -15.1. The molecule has 0 aliphatic heterocycles. The van der Waals surface area contributed by atoms with Crippen molar-refractivity contribution < 1.29 is 8.78 Å². The first kappa shape index (κ1) is 76.9. The molecule has 0 fully saturated rings. The van der Waals surface area contributed by atoms with Crippen LogP contribution in [0.2, 0.25) is 0 Å². The number of imidazole rings is 1. The van der Waals surface area contributed by atoms with Crippen LogP contribution in [0.4, 0.5) is 8.78 Å². The molecule has 0 aliphatic carbocycles. The van der Waals surface area contributed by atoms with Crippen molar-refractivity contribution in [2.45, 2.75) is 47.5 Å². The Labute approximate surface area is 684 Å². The molecule has 0 saturated carbocycles. The molecule has 13 heteroatoms. The van der Waals surface area contributed by atoms with E-state index in [1.807, 2.05) is 147 Å². The second-order valence-corrected chi connectivity index (χ2v) is 29.3. The summed E-state index contributed by atoms with van der Waals surface area (Å²) in [5.74, 6) is 0.0967. The lowest BCUT2D eigenvalue weighted by Gasteiger charge is -2.12. The summed E-state index contributed by atoms with van der Waals surface area (Å²) in [6.07, 6.45) is 21.8. The van der Waals surface area contributed by atoms with Crippen LogP contribution in [-0.4, -0.2) is 54.8 Å². The van der Waals surface area contributed by atoms with E-state index in [2.05, 4.69) is 252 Å². The van der Waals surface area contributed by atoms with E-state index in [1.54, 1.807) is 57.1 Å². The maximum absolute atomic E-state index is 13.6. The molecule has 10 aromatic heterocycles. The lowest BCUT2D eigenvalue weighted by molar-refractivity contribution is 0.618. The van der Waals surface area contributed by atoms with Gasteiger partial charge in [0.15, 0.2) is 0 Å². The molecule has 11 nitrogen and oxygen atoms in total. The number of nitrogens with zero attached hydrogens (tertiary/aromatic N) is 10. The average Bonchev–Trinajstić information content (AvgIpc) is 1.06. The Morgan fingerprint density at radius 2 is 0.602 bits per heavy atom. The minimum atomic E-state index is -0.201. The molecule has 118 heavy (non-hydrogen) atoms. The Balaban J connectivity index is 0.000000110.